The van der Waals surface area contributed by atoms with Crippen molar-refractivity contribution in [2.75, 3.05) is 58.1 Å². The van der Waals surface area contributed by atoms with Crippen molar-refractivity contribution >= 4 is 34.3 Å². The normalized spacial score (nSPS) is 11.6. The molecule has 4 rings (SSSR count). The molecule has 0 bridgehead atoms. The monoisotopic (exact) mass is 607 g/mol. The smallest absolute Gasteiger partial charge is 0.350 e. The molecule has 234 valence electrons. The van der Waals surface area contributed by atoms with Gasteiger partial charge in [0.05, 0.1) is 42.7 Å². The van der Waals surface area contributed by atoms with Crippen LogP contribution in [0.1, 0.15) is 12.8 Å². The second-order valence-corrected chi connectivity index (χ2v) is 11.3. The van der Waals surface area contributed by atoms with Gasteiger partial charge >= 0.3 is 5.82 Å². The molecule has 0 aliphatic carbocycles. The number of hydrogen-bond acceptors (Lipinski definition) is 7. The predicted molar refractivity (Wildman–Crippen MR) is 181 cm³/mol. The van der Waals surface area contributed by atoms with Gasteiger partial charge in [0.25, 0.3) is 0 Å². The van der Waals surface area contributed by atoms with E-state index in [9.17, 15) is 0 Å². The number of aromatic nitrogens is 2. The lowest BCUT2D eigenvalue weighted by Crippen LogP contribution is -2.78. The molecule has 0 atom stereocenters. The Morgan fingerprint density at radius 1 is 0.644 bits per heavy atom. The number of rotatable bonds is 16. The van der Waals surface area contributed by atoms with E-state index < -0.39 is 0 Å². The van der Waals surface area contributed by atoms with E-state index >= 15 is 0 Å². The highest BCUT2D eigenvalue weighted by Crippen LogP contribution is 2.21. The highest BCUT2D eigenvalue weighted by Gasteiger charge is 2.09. The van der Waals surface area contributed by atoms with Crippen molar-refractivity contribution in [3.8, 4) is 0 Å². The predicted octanol–water partition coefficient (Wildman–Crippen LogP) is 5.67. The Kier molecular flexibility index (Phi) is 12.7. The second-order valence-electron chi connectivity index (χ2n) is 11.3. The first-order chi connectivity index (χ1) is 21.9. The molecule has 0 aliphatic heterocycles. The number of nitrogens with zero attached hydrogens (tertiary/aromatic N) is 9. The average molecular weight is 608 g/mol. The first-order valence-corrected chi connectivity index (χ1v) is 15.4. The first-order valence-electron chi connectivity index (χ1n) is 15.4. The van der Waals surface area contributed by atoms with Crippen LogP contribution in [0.3, 0.4) is 0 Å². The molecular formula is C35H47N10+3. The van der Waals surface area contributed by atoms with E-state index in [0.717, 1.165) is 73.3 Å². The van der Waals surface area contributed by atoms with Gasteiger partial charge in [-0.3, -0.25) is 0 Å². The molecule has 0 amide bonds. The van der Waals surface area contributed by atoms with Crippen LogP contribution in [0.5, 0.6) is 0 Å². The summed E-state index contributed by atoms with van der Waals surface area (Å²) >= 11 is 0. The molecule has 2 heterocycles. The molecule has 0 saturated heterocycles. The van der Waals surface area contributed by atoms with Gasteiger partial charge < -0.3 is 20.0 Å². The summed E-state index contributed by atoms with van der Waals surface area (Å²) in [6, 6.07) is 26.2. The van der Waals surface area contributed by atoms with Crippen molar-refractivity contribution in [3.05, 3.63) is 110 Å². The Labute approximate surface area is 267 Å². The number of aryl methyl sites for hydroxylation is 2. The van der Waals surface area contributed by atoms with E-state index in [1.807, 2.05) is 113 Å². The van der Waals surface area contributed by atoms with Crippen LogP contribution in [-0.2, 0) is 13.1 Å². The minimum Gasteiger partial charge on any atom is -0.378 e. The van der Waals surface area contributed by atoms with Gasteiger partial charge in [0.1, 0.15) is 17.6 Å². The minimum atomic E-state index is 0.841. The van der Waals surface area contributed by atoms with Crippen molar-refractivity contribution in [2.24, 2.45) is 20.5 Å². The number of benzene rings is 2. The lowest BCUT2D eigenvalue weighted by Gasteiger charge is -2.12. The van der Waals surface area contributed by atoms with E-state index in [4.69, 9.17) is 0 Å². The number of hydrogen-bond donors (Lipinski definition) is 1. The summed E-state index contributed by atoms with van der Waals surface area (Å²) in [5.74, 6) is 0.849. The quantitative estimate of drug-likeness (QED) is 0.101. The molecule has 2 aromatic carbocycles. The van der Waals surface area contributed by atoms with Crippen LogP contribution < -0.4 is 24.3 Å². The molecule has 4 aromatic rings. The third kappa shape index (κ3) is 11.2. The van der Waals surface area contributed by atoms with Crippen LogP contribution >= 0.6 is 0 Å². The maximum absolute atomic E-state index is 4.51. The Bertz CT molecular complexity index is 1540. The second kappa shape index (κ2) is 17.4. The van der Waals surface area contributed by atoms with Crippen LogP contribution in [0.15, 0.2) is 130 Å². The first kappa shape index (κ1) is 32.9. The van der Waals surface area contributed by atoms with Gasteiger partial charge in [-0.2, -0.15) is 5.11 Å². The molecule has 10 nitrogen and oxygen atoms in total. The number of azo groups is 2. The zero-order valence-corrected chi connectivity index (χ0v) is 27.2. The zero-order chi connectivity index (χ0) is 31.9. The highest BCUT2D eigenvalue weighted by atomic mass is 15.2. The Balaban J connectivity index is 1.14. The van der Waals surface area contributed by atoms with Gasteiger partial charge in [0.2, 0.25) is 0 Å². The van der Waals surface area contributed by atoms with Crippen molar-refractivity contribution in [3.63, 3.8) is 0 Å². The number of pyridine rings is 2. The molecule has 45 heavy (non-hydrogen) atoms. The van der Waals surface area contributed by atoms with E-state index in [2.05, 4.69) is 81.4 Å². The molecule has 0 spiro atoms. The van der Waals surface area contributed by atoms with E-state index in [1.165, 1.54) is 0 Å². The molecule has 0 saturated carbocycles. The fraction of sp³-hybridized carbons (Fsp3) is 0.314. The SMILES string of the molecule is CN(/C=C\[NH2+]CCC[n+]1cccc(N=Nc2ccc(N(C)C)cc2)c1)CCC[n+]1ccccc1N=Nc1ccc(N(C)C)cc1. The number of anilines is 2. The Hall–Kier alpha value is -4.96. The third-order valence-corrected chi connectivity index (χ3v) is 7.21. The fourth-order valence-electron chi connectivity index (χ4n) is 4.57. The van der Waals surface area contributed by atoms with E-state index in [0.29, 0.717) is 0 Å². The standard InChI is InChI=1S/C35H46N10/c1-41(2)33-17-13-30(14-18-33)37-39-32-11-8-24-44(29-32)25-9-21-36-22-28-43(5)23-10-27-45-26-7-6-12-35(45)40-38-31-15-19-34(20-16-31)42(3)4/h6-8,11-20,22,24,26,28-29,36H,9-10,21,23,25,27H2,1-5H3/q+2/p+1/b28-22-,39-37?. The molecule has 0 fully saturated rings. The van der Waals surface area contributed by atoms with Crippen LogP contribution in [0, 0.1) is 0 Å². The topological polar surface area (TPSA) is 83.5 Å². The molecule has 0 unspecified atom stereocenters. The minimum absolute atomic E-state index is 0.841. The Morgan fingerprint density at radius 3 is 1.96 bits per heavy atom. The van der Waals surface area contributed by atoms with Crippen LogP contribution in [0.4, 0.5) is 34.3 Å². The molecule has 0 radical (unpaired) electrons. The van der Waals surface area contributed by atoms with Crippen molar-refractivity contribution in [2.45, 2.75) is 25.9 Å². The lowest BCUT2D eigenvalue weighted by molar-refractivity contribution is -0.703. The average Bonchev–Trinajstić information content (AvgIpc) is 3.05. The highest BCUT2D eigenvalue weighted by molar-refractivity contribution is 5.52. The van der Waals surface area contributed by atoms with Crippen molar-refractivity contribution < 1.29 is 14.5 Å². The maximum Gasteiger partial charge on any atom is 0.350 e. The van der Waals surface area contributed by atoms with Crippen molar-refractivity contribution in [1.82, 2.24) is 4.90 Å². The van der Waals surface area contributed by atoms with Crippen LogP contribution in [0.25, 0.3) is 0 Å². The summed E-state index contributed by atoms with van der Waals surface area (Å²) in [6.07, 6.45) is 12.5. The van der Waals surface area contributed by atoms with Crippen LogP contribution in [-0.4, -0.2) is 53.2 Å². The number of nitrogens with two attached hydrogens (primary N) is 1. The summed E-state index contributed by atoms with van der Waals surface area (Å²) in [4.78, 5) is 6.36. The molecule has 0 aliphatic rings. The summed E-state index contributed by atoms with van der Waals surface area (Å²) in [7, 11) is 10.2. The molecular weight excluding hydrogens is 560 g/mol. The van der Waals surface area contributed by atoms with Gasteiger partial charge in [0.15, 0.2) is 18.9 Å². The van der Waals surface area contributed by atoms with Crippen molar-refractivity contribution in [1.29, 1.82) is 0 Å². The Morgan fingerprint density at radius 2 is 1.29 bits per heavy atom. The largest absolute Gasteiger partial charge is 0.378 e. The van der Waals surface area contributed by atoms with E-state index in [-0.39, 0.29) is 0 Å². The van der Waals surface area contributed by atoms with E-state index in [1.54, 1.807) is 0 Å². The molecule has 2 N–H and O–H groups in total. The zero-order valence-electron chi connectivity index (χ0n) is 27.2. The molecule has 2 aromatic heterocycles. The maximum atomic E-state index is 4.51. The summed E-state index contributed by atoms with van der Waals surface area (Å²) < 4.78 is 4.32. The van der Waals surface area contributed by atoms with Gasteiger partial charge in [-0.25, -0.2) is 9.13 Å². The van der Waals surface area contributed by atoms with Gasteiger partial charge in [0, 0.05) is 71.7 Å². The van der Waals surface area contributed by atoms with Crippen LogP contribution in [0.2, 0.25) is 0 Å². The fourth-order valence-corrected chi connectivity index (χ4v) is 4.57. The lowest BCUT2D eigenvalue weighted by atomic mass is 10.3. The third-order valence-electron chi connectivity index (χ3n) is 7.21. The summed E-state index contributed by atoms with van der Waals surface area (Å²) in [5.41, 5.74) is 4.81. The van der Waals surface area contributed by atoms with Gasteiger partial charge in [-0.15, -0.1) is 5.11 Å². The molecule has 10 heteroatoms. The summed E-state index contributed by atoms with van der Waals surface area (Å²) in [6.45, 7) is 3.75. The van der Waals surface area contributed by atoms with Gasteiger partial charge in [-0.1, -0.05) is 6.07 Å². The number of quaternary nitrogens is 1. The summed E-state index contributed by atoms with van der Waals surface area (Å²) in [5, 5.41) is 20.0. The van der Waals surface area contributed by atoms with Gasteiger partial charge in [-0.05, 0) is 65.8 Å².